The number of aryl methyl sites for hydroxylation is 1. The van der Waals surface area contributed by atoms with Crippen LogP contribution in [0.15, 0.2) is 42.6 Å². The van der Waals surface area contributed by atoms with Crippen molar-refractivity contribution in [3.8, 4) is 17.4 Å². The highest BCUT2D eigenvalue weighted by Crippen LogP contribution is 2.30. The number of pyridine rings is 1. The van der Waals surface area contributed by atoms with Gasteiger partial charge in [0.2, 0.25) is 11.8 Å². The average Bonchev–Trinajstić information content (AvgIpc) is 2.60. The number of rotatable bonds is 5. The fourth-order valence-corrected chi connectivity index (χ4v) is 2.70. The monoisotopic (exact) mass is 338 g/mol. The van der Waals surface area contributed by atoms with E-state index in [2.05, 4.69) is 10.3 Å². The number of hydrogen-bond acceptors (Lipinski definition) is 4. The molecule has 5 heteroatoms. The molecule has 0 saturated carbocycles. The summed E-state index contributed by atoms with van der Waals surface area (Å²) in [4.78, 5) is 15.3. The number of nitrogens with one attached hydrogen (secondary N) is 1. The Hall–Kier alpha value is -2.82. The number of amides is 1. The summed E-state index contributed by atoms with van der Waals surface area (Å²) in [5, 5.41) is 2.80. The van der Waals surface area contributed by atoms with Gasteiger partial charge in [0.25, 0.3) is 0 Å². The van der Waals surface area contributed by atoms with Crippen molar-refractivity contribution in [2.45, 2.75) is 32.7 Å². The zero-order valence-electron chi connectivity index (χ0n) is 14.5. The normalized spacial score (nSPS) is 14.5. The van der Waals surface area contributed by atoms with E-state index in [-0.39, 0.29) is 11.9 Å². The van der Waals surface area contributed by atoms with Crippen molar-refractivity contribution >= 4 is 12.0 Å². The molecule has 25 heavy (non-hydrogen) atoms. The van der Waals surface area contributed by atoms with Gasteiger partial charge in [-0.15, -0.1) is 0 Å². The van der Waals surface area contributed by atoms with Crippen molar-refractivity contribution in [1.82, 2.24) is 10.3 Å². The predicted octanol–water partition coefficient (Wildman–Crippen LogP) is 3.74. The van der Waals surface area contributed by atoms with Gasteiger partial charge in [0.05, 0.1) is 6.61 Å². The molecule has 1 N–H and O–H groups in total. The first-order valence-corrected chi connectivity index (χ1v) is 8.45. The van der Waals surface area contributed by atoms with Gasteiger partial charge in [-0.1, -0.05) is 12.2 Å². The molecular formula is C20H22N2O3. The van der Waals surface area contributed by atoms with E-state index >= 15 is 0 Å². The maximum Gasteiger partial charge on any atom is 0.219 e. The van der Waals surface area contributed by atoms with Crippen LogP contribution in [0.3, 0.4) is 0 Å². The molecular weight excluding hydrogens is 316 g/mol. The number of hydrogen-bond donors (Lipinski definition) is 1. The molecule has 0 bridgehead atoms. The predicted molar refractivity (Wildman–Crippen MR) is 96.9 cm³/mol. The van der Waals surface area contributed by atoms with Gasteiger partial charge in [-0.3, -0.25) is 4.79 Å². The van der Waals surface area contributed by atoms with E-state index in [0.717, 1.165) is 36.5 Å². The minimum Gasteiger partial charge on any atom is -0.493 e. The summed E-state index contributed by atoms with van der Waals surface area (Å²) in [5.41, 5.74) is 2.12. The molecule has 1 atom stereocenters. The number of aromatic nitrogens is 1. The lowest BCUT2D eigenvalue weighted by Gasteiger charge is -2.17. The molecule has 2 heterocycles. The molecule has 1 aliphatic heterocycles. The lowest BCUT2D eigenvalue weighted by Crippen LogP contribution is -2.28. The first-order chi connectivity index (χ1) is 12.1. The highest BCUT2D eigenvalue weighted by molar-refractivity contribution is 5.73. The summed E-state index contributed by atoms with van der Waals surface area (Å²) in [5.74, 6) is 2.21. The van der Waals surface area contributed by atoms with E-state index in [1.807, 2.05) is 49.4 Å². The minimum absolute atomic E-state index is 0.0221. The van der Waals surface area contributed by atoms with Crippen molar-refractivity contribution in [1.29, 1.82) is 0 Å². The van der Waals surface area contributed by atoms with Gasteiger partial charge >= 0.3 is 0 Å². The summed E-state index contributed by atoms with van der Waals surface area (Å²) >= 11 is 0. The Morgan fingerprint density at radius 2 is 2.24 bits per heavy atom. The Morgan fingerprint density at radius 3 is 3.00 bits per heavy atom. The summed E-state index contributed by atoms with van der Waals surface area (Å²) in [6.07, 6.45) is 7.63. The van der Waals surface area contributed by atoms with E-state index in [1.165, 1.54) is 12.5 Å². The van der Waals surface area contributed by atoms with Gasteiger partial charge in [-0.2, -0.15) is 0 Å². The van der Waals surface area contributed by atoms with Gasteiger partial charge in [0, 0.05) is 25.2 Å². The van der Waals surface area contributed by atoms with E-state index in [4.69, 9.17) is 9.47 Å². The second-order valence-corrected chi connectivity index (χ2v) is 6.10. The number of nitrogens with zero attached hydrogens (tertiary/aromatic N) is 1. The van der Waals surface area contributed by atoms with Gasteiger partial charge < -0.3 is 14.8 Å². The van der Waals surface area contributed by atoms with Crippen LogP contribution in [0, 0.1) is 0 Å². The Kier molecular flexibility index (Phi) is 5.33. The molecule has 3 rings (SSSR count). The fourth-order valence-electron chi connectivity index (χ4n) is 2.70. The maximum absolute atomic E-state index is 11.0. The third kappa shape index (κ3) is 4.83. The van der Waals surface area contributed by atoms with Gasteiger partial charge in [0.1, 0.15) is 11.5 Å². The standard InChI is InChI=1S/C20H22N2O3/c1-14(22-15(2)23)5-6-16-7-10-20(21-13-16)25-18-8-9-19-17(12-18)4-3-11-24-19/h5-10,12-14H,3-4,11H2,1-2H3,(H,22,23)/b6-5+/t14-/m0/s1. The van der Waals surface area contributed by atoms with Crippen LogP contribution in [0.2, 0.25) is 0 Å². The Balaban J connectivity index is 1.63. The quantitative estimate of drug-likeness (QED) is 0.902. The van der Waals surface area contributed by atoms with Crippen molar-refractivity contribution < 1.29 is 14.3 Å². The molecule has 5 nitrogen and oxygen atoms in total. The molecule has 0 saturated heterocycles. The number of carbonyl (C=O) groups is 1. The summed E-state index contributed by atoms with van der Waals surface area (Å²) in [6.45, 7) is 4.21. The third-order valence-electron chi connectivity index (χ3n) is 3.87. The summed E-state index contributed by atoms with van der Waals surface area (Å²) in [7, 11) is 0. The van der Waals surface area contributed by atoms with Gasteiger partial charge in [0.15, 0.2) is 0 Å². The zero-order valence-corrected chi connectivity index (χ0v) is 14.5. The van der Waals surface area contributed by atoms with Gasteiger partial charge in [-0.05, 0) is 55.2 Å². The van der Waals surface area contributed by atoms with Crippen LogP contribution < -0.4 is 14.8 Å². The van der Waals surface area contributed by atoms with E-state index < -0.39 is 0 Å². The molecule has 0 spiro atoms. The molecule has 1 aliphatic rings. The SMILES string of the molecule is CC(=O)N[C@@H](C)/C=C/c1ccc(Oc2ccc3c(c2)CCCO3)nc1. The van der Waals surface area contributed by atoms with Crippen molar-refractivity contribution in [3.63, 3.8) is 0 Å². The Bertz CT molecular complexity index is 769. The van der Waals surface area contributed by atoms with Crippen LogP contribution >= 0.6 is 0 Å². The van der Waals surface area contributed by atoms with Gasteiger partial charge in [-0.25, -0.2) is 4.98 Å². The van der Waals surface area contributed by atoms with Crippen molar-refractivity contribution in [3.05, 3.63) is 53.7 Å². The molecule has 1 aromatic heterocycles. The van der Waals surface area contributed by atoms with Crippen LogP contribution in [0.4, 0.5) is 0 Å². The largest absolute Gasteiger partial charge is 0.493 e. The second-order valence-electron chi connectivity index (χ2n) is 6.10. The molecule has 0 radical (unpaired) electrons. The van der Waals surface area contributed by atoms with Crippen LogP contribution in [0.5, 0.6) is 17.4 Å². The summed E-state index contributed by atoms with van der Waals surface area (Å²) in [6, 6.07) is 9.60. The zero-order chi connectivity index (χ0) is 17.6. The van der Waals surface area contributed by atoms with Crippen molar-refractivity contribution in [2.24, 2.45) is 0 Å². The minimum atomic E-state index is -0.0468. The molecule has 0 unspecified atom stereocenters. The van der Waals surface area contributed by atoms with Crippen molar-refractivity contribution in [2.75, 3.05) is 6.61 Å². The topological polar surface area (TPSA) is 60.5 Å². The average molecular weight is 338 g/mol. The smallest absolute Gasteiger partial charge is 0.219 e. The first-order valence-electron chi connectivity index (χ1n) is 8.45. The van der Waals surface area contributed by atoms with Crippen LogP contribution in [0.1, 0.15) is 31.4 Å². The molecule has 130 valence electrons. The molecule has 2 aromatic rings. The summed E-state index contributed by atoms with van der Waals surface area (Å²) < 4.78 is 11.4. The lowest BCUT2D eigenvalue weighted by atomic mass is 10.1. The van der Waals surface area contributed by atoms with Crippen LogP contribution in [-0.2, 0) is 11.2 Å². The number of fused-ring (bicyclic) bond motifs is 1. The molecule has 1 aromatic carbocycles. The van der Waals surface area contributed by atoms with Crippen LogP contribution in [0.25, 0.3) is 6.08 Å². The first kappa shape index (κ1) is 17.0. The number of benzene rings is 1. The Morgan fingerprint density at radius 1 is 1.36 bits per heavy atom. The number of ether oxygens (including phenoxy) is 2. The highest BCUT2D eigenvalue weighted by atomic mass is 16.5. The number of carbonyl (C=O) groups excluding carboxylic acids is 1. The Labute approximate surface area is 147 Å². The second kappa shape index (κ2) is 7.83. The van der Waals surface area contributed by atoms with E-state index in [0.29, 0.717) is 5.88 Å². The third-order valence-corrected chi connectivity index (χ3v) is 3.87. The fraction of sp³-hybridized carbons (Fsp3) is 0.300. The van der Waals surface area contributed by atoms with Crippen LogP contribution in [-0.4, -0.2) is 23.5 Å². The lowest BCUT2D eigenvalue weighted by molar-refractivity contribution is -0.119. The maximum atomic E-state index is 11.0. The van der Waals surface area contributed by atoms with E-state index in [1.54, 1.807) is 6.20 Å². The van der Waals surface area contributed by atoms with E-state index in [9.17, 15) is 4.79 Å². The molecule has 1 amide bonds. The molecule has 0 aliphatic carbocycles. The highest BCUT2D eigenvalue weighted by Gasteiger charge is 2.11. The molecule has 0 fully saturated rings.